The van der Waals surface area contributed by atoms with Gasteiger partial charge in [0.2, 0.25) is 8.32 Å². The summed E-state index contributed by atoms with van der Waals surface area (Å²) in [6.45, 7) is 20.1. The molecule has 1 aliphatic carbocycles. The topological polar surface area (TPSA) is 58.6 Å². The van der Waals surface area contributed by atoms with Crippen molar-refractivity contribution < 1.29 is 14.3 Å². The minimum absolute atomic E-state index is 0.108. The summed E-state index contributed by atoms with van der Waals surface area (Å²) in [6, 6.07) is 0. The van der Waals surface area contributed by atoms with E-state index in [2.05, 4.69) is 67.6 Å². The summed E-state index contributed by atoms with van der Waals surface area (Å²) in [5, 5.41) is 12.0. The summed E-state index contributed by atoms with van der Waals surface area (Å²) < 4.78 is 6.80. The number of amides is 1. The van der Waals surface area contributed by atoms with Gasteiger partial charge >= 0.3 is 6.09 Å². The highest BCUT2D eigenvalue weighted by molar-refractivity contribution is 6.77. The molecule has 0 aromatic carbocycles. The molecule has 0 saturated heterocycles. The average molecular weight is 344 g/mol. The number of hydrogen-bond donors (Lipinski definition) is 2. The Morgan fingerprint density at radius 3 is 1.74 bits per heavy atom. The summed E-state index contributed by atoms with van der Waals surface area (Å²) >= 11 is 0. The van der Waals surface area contributed by atoms with Crippen molar-refractivity contribution in [1.29, 1.82) is 0 Å². The Morgan fingerprint density at radius 2 is 1.48 bits per heavy atom. The molecule has 136 valence electrons. The van der Waals surface area contributed by atoms with Gasteiger partial charge in [-0.1, -0.05) is 62.3 Å². The first-order chi connectivity index (χ1) is 10.3. The van der Waals surface area contributed by atoms with Crippen molar-refractivity contribution in [3.05, 3.63) is 0 Å². The summed E-state index contributed by atoms with van der Waals surface area (Å²) in [7, 11) is -1.90. The SMILES string of the molecule is CC(C)[Si](OC1CC(NC(=O)O)(C(C)(C)C)C1)(C(C)C)C(C)C. The number of hydrogen-bond acceptors (Lipinski definition) is 2. The summed E-state index contributed by atoms with van der Waals surface area (Å²) in [5.41, 5.74) is 1.19. The first-order valence-corrected chi connectivity index (χ1v) is 11.1. The van der Waals surface area contributed by atoms with Crippen molar-refractivity contribution in [2.24, 2.45) is 5.41 Å². The molecule has 1 fully saturated rings. The van der Waals surface area contributed by atoms with Crippen LogP contribution in [0.1, 0.15) is 75.2 Å². The fourth-order valence-electron chi connectivity index (χ4n) is 4.60. The molecule has 0 aromatic heterocycles. The predicted molar refractivity (Wildman–Crippen MR) is 98.5 cm³/mol. The highest BCUT2D eigenvalue weighted by atomic mass is 28.4. The van der Waals surface area contributed by atoms with E-state index in [9.17, 15) is 9.90 Å². The number of nitrogens with one attached hydrogen (secondary N) is 1. The van der Waals surface area contributed by atoms with Crippen LogP contribution in [0.3, 0.4) is 0 Å². The van der Waals surface area contributed by atoms with Gasteiger partial charge < -0.3 is 14.8 Å². The Hall–Kier alpha value is -0.553. The second-order valence-corrected chi connectivity index (χ2v) is 14.6. The molecular formula is C18H37NO3Si. The molecule has 0 heterocycles. The van der Waals surface area contributed by atoms with Crippen molar-refractivity contribution in [1.82, 2.24) is 5.32 Å². The Labute approximate surface area is 143 Å². The monoisotopic (exact) mass is 343 g/mol. The van der Waals surface area contributed by atoms with E-state index in [1.165, 1.54) is 0 Å². The fourth-order valence-corrected chi connectivity index (χ4v) is 10.2. The zero-order valence-electron chi connectivity index (χ0n) is 16.5. The molecule has 23 heavy (non-hydrogen) atoms. The molecule has 0 spiro atoms. The fraction of sp³-hybridized carbons (Fsp3) is 0.944. The molecule has 5 heteroatoms. The molecule has 2 N–H and O–H groups in total. The maximum absolute atomic E-state index is 11.2. The summed E-state index contributed by atoms with van der Waals surface area (Å²) in [5.74, 6) is 0. The molecule has 0 radical (unpaired) electrons. The largest absolute Gasteiger partial charge is 0.465 e. The van der Waals surface area contributed by atoms with Crippen LogP contribution in [0, 0.1) is 5.41 Å². The second kappa shape index (κ2) is 6.75. The number of carboxylic acid groups (broad SMARTS) is 1. The zero-order valence-corrected chi connectivity index (χ0v) is 17.5. The summed E-state index contributed by atoms with van der Waals surface area (Å²) in [6.07, 6.45) is 0.811. The van der Waals surface area contributed by atoms with Gasteiger partial charge in [-0.25, -0.2) is 4.79 Å². The molecule has 1 aliphatic rings. The first kappa shape index (κ1) is 20.5. The molecule has 1 amide bonds. The van der Waals surface area contributed by atoms with E-state index in [4.69, 9.17) is 4.43 Å². The third kappa shape index (κ3) is 3.76. The van der Waals surface area contributed by atoms with E-state index in [-0.39, 0.29) is 17.1 Å². The lowest BCUT2D eigenvalue weighted by molar-refractivity contribution is -0.0475. The van der Waals surface area contributed by atoms with E-state index in [1.807, 2.05) is 0 Å². The standard InChI is InChI=1S/C18H37NO3Si/c1-12(2)23(13(3)4,14(5)6)22-15-10-18(11-15,17(7,8)9)19-16(20)21/h12-15,19H,10-11H2,1-9H3,(H,20,21). The van der Waals surface area contributed by atoms with Crippen molar-refractivity contribution in [3.63, 3.8) is 0 Å². The van der Waals surface area contributed by atoms with Crippen molar-refractivity contribution in [2.45, 2.75) is 103 Å². The lowest BCUT2D eigenvalue weighted by Gasteiger charge is -2.58. The average Bonchev–Trinajstić information content (AvgIpc) is 2.27. The molecule has 0 atom stereocenters. The van der Waals surface area contributed by atoms with Gasteiger partial charge in [0.1, 0.15) is 0 Å². The van der Waals surface area contributed by atoms with Crippen molar-refractivity contribution in [3.8, 4) is 0 Å². The van der Waals surface area contributed by atoms with Crippen LogP contribution in [0.2, 0.25) is 16.6 Å². The van der Waals surface area contributed by atoms with Gasteiger partial charge in [0.15, 0.2) is 0 Å². The van der Waals surface area contributed by atoms with E-state index < -0.39 is 14.4 Å². The van der Waals surface area contributed by atoms with Crippen LogP contribution in [0.4, 0.5) is 4.79 Å². The van der Waals surface area contributed by atoms with Crippen LogP contribution in [0.5, 0.6) is 0 Å². The third-order valence-electron chi connectivity index (χ3n) is 6.01. The molecule has 1 rings (SSSR count). The normalized spacial score (nSPS) is 25.8. The highest BCUT2D eigenvalue weighted by Gasteiger charge is 2.57. The smallest absolute Gasteiger partial charge is 0.405 e. The Kier molecular flexibility index (Phi) is 6.01. The third-order valence-corrected chi connectivity index (χ3v) is 12.2. The molecule has 0 aliphatic heterocycles. The maximum Gasteiger partial charge on any atom is 0.405 e. The van der Waals surface area contributed by atoms with Gasteiger partial charge in [0, 0.05) is 6.10 Å². The predicted octanol–water partition coefficient (Wildman–Crippen LogP) is 5.39. The lowest BCUT2D eigenvalue weighted by atomic mass is 9.60. The van der Waals surface area contributed by atoms with Crippen molar-refractivity contribution in [2.75, 3.05) is 0 Å². The lowest BCUT2D eigenvalue weighted by Crippen LogP contribution is -2.68. The van der Waals surface area contributed by atoms with Gasteiger partial charge in [0.25, 0.3) is 0 Å². The van der Waals surface area contributed by atoms with Gasteiger partial charge in [0.05, 0.1) is 5.54 Å². The molecular weight excluding hydrogens is 306 g/mol. The van der Waals surface area contributed by atoms with Crippen LogP contribution in [-0.2, 0) is 4.43 Å². The molecule has 0 bridgehead atoms. The van der Waals surface area contributed by atoms with E-state index in [0.29, 0.717) is 16.6 Å². The number of rotatable bonds is 6. The van der Waals surface area contributed by atoms with Gasteiger partial charge in [-0.05, 0) is 34.9 Å². The highest BCUT2D eigenvalue weighted by Crippen LogP contribution is 2.51. The van der Waals surface area contributed by atoms with Gasteiger partial charge in [-0.3, -0.25) is 0 Å². The summed E-state index contributed by atoms with van der Waals surface area (Å²) in [4.78, 5) is 11.2. The van der Waals surface area contributed by atoms with Crippen molar-refractivity contribution >= 4 is 14.4 Å². The second-order valence-electron chi connectivity index (χ2n) is 9.23. The minimum Gasteiger partial charge on any atom is -0.465 e. The van der Waals surface area contributed by atoms with Gasteiger partial charge in [-0.15, -0.1) is 0 Å². The van der Waals surface area contributed by atoms with Gasteiger partial charge in [-0.2, -0.15) is 0 Å². The maximum atomic E-state index is 11.2. The van der Waals surface area contributed by atoms with Crippen LogP contribution in [0.15, 0.2) is 0 Å². The Balaban J connectivity index is 2.94. The van der Waals surface area contributed by atoms with Crippen LogP contribution in [-0.4, -0.2) is 31.2 Å². The van der Waals surface area contributed by atoms with E-state index in [0.717, 1.165) is 12.8 Å². The Bertz CT molecular complexity index is 399. The van der Waals surface area contributed by atoms with Crippen LogP contribution >= 0.6 is 0 Å². The zero-order chi connectivity index (χ0) is 18.2. The molecule has 4 nitrogen and oxygen atoms in total. The number of carbonyl (C=O) groups is 1. The van der Waals surface area contributed by atoms with E-state index in [1.54, 1.807) is 0 Å². The molecule has 0 aromatic rings. The molecule has 0 unspecified atom stereocenters. The minimum atomic E-state index is -1.90. The van der Waals surface area contributed by atoms with Crippen LogP contribution < -0.4 is 5.32 Å². The van der Waals surface area contributed by atoms with E-state index >= 15 is 0 Å². The first-order valence-electron chi connectivity index (χ1n) is 8.97. The Morgan fingerprint density at radius 1 is 1.09 bits per heavy atom. The molecule has 1 saturated carbocycles. The quantitative estimate of drug-likeness (QED) is 0.635. The van der Waals surface area contributed by atoms with Crippen LogP contribution in [0.25, 0.3) is 0 Å².